The fraction of sp³-hybridized carbons (Fsp3) is 0.368. The van der Waals surface area contributed by atoms with E-state index in [9.17, 15) is 5.11 Å². The zero-order valence-corrected chi connectivity index (χ0v) is 13.3. The molecule has 2 aromatic carbocycles. The summed E-state index contributed by atoms with van der Waals surface area (Å²) in [5.74, 6) is 1.38. The van der Waals surface area contributed by atoms with Gasteiger partial charge in [0.15, 0.2) is 0 Å². The van der Waals surface area contributed by atoms with Crippen molar-refractivity contribution in [1.82, 2.24) is 0 Å². The van der Waals surface area contributed by atoms with Crippen LogP contribution in [0.2, 0.25) is 0 Å². The maximum Gasteiger partial charge on any atom is 0.0886 e. The van der Waals surface area contributed by atoms with Gasteiger partial charge in [0.1, 0.15) is 0 Å². The van der Waals surface area contributed by atoms with E-state index in [1.807, 2.05) is 6.07 Å². The molecule has 2 aromatic rings. The Labute approximate surface area is 131 Å². The molecule has 0 radical (unpaired) electrons. The molecule has 0 aliphatic heterocycles. The molecule has 0 amide bonds. The zero-order valence-electron chi connectivity index (χ0n) is 12.5. The highest BCUT2D eigenvalue weighted by molar-refractivity contribution is 7.99. The highest BCUT2D eigenvalue weighted by Gasteiger charge is 2.24. The van der Waals surface area contributed by atoms with Crippen LogP contribution in [0.15, 0.2) is 53.4 Å². The van der Waals surface area contributed by atoms with Crippen LogP contribution in [0.5, 0.6) is 0 Å². The van der Waals surface area contributed by atoms with E-state index >= 15 is 0 Å². The van der Waals surface area contributed by atoms with E-state index in [-0.39, 0.29) is 6.10 Å². The zero-order chi connectivity index (χ0) is 14.7. The topological polar surface area (TPSA) is 20.2 Å². The molecule has 0 bridgehead atoms. The molecule has 1 unspecified atom stereocenters. The fourth-order valence-corrected chi connectivity index (χ4v) is 3.66. The van der Waals surface area contributed by atoms with Gasteiger partial charge in [-0.15, -0.1) is 11.8 Å². The second kappa shape index (κ2) is 6.67. The molecule has 1 fully saturated rings. The van der Waals surface area contributed by atoms with E-state index in [1.165, 1.54) is 35.3 Å². The maximum absolute atomic E-state index is 10.6. The highest BCUT2D eigenvalue weighted by Crippen LogP contribution is 2.40. The molecule has 1 atom stereocenters. The number of hydrogen-bond acceptors (Lipinski definition) is 2. The Kier molecular flexibility index (Phi) is 4.67. The third-order valence-corrected chi connectivity index (χ3v) is 5.42. The van der Waals surface area contributed by atoms with Gasteiger partial charge in [0, 0.05) is 10.6 Å². The lowest BCUT2D eigenvalue weighted by Crippen LogP contribution is -2.13. The van der Waals surface area contributed by atoms with Crippen molar-refractivity contribution >= 4 is 11.8 Å². The summed E-state index contributed by atoms with van der Waals surface area (Å²) in [6.07, 6.45) is 3.49. The third-order valence-electron chi connectivity index (χ3n) is 4.33. The van der Waals surface area contributed by atoms with E-state index in [4.69, 9.17) is 0 Å². The van der Waals surface area contributed by atoms with E-state index in [0.29, 0.717) is 11.7 Å². The van der Waals surface area contributed by atoms with Crippen LogP contribution in [0.3, 0.4) is 0 Å². The first-order valence-corrected chi connectivity index (χ1v) is 8.69. The van der Waals surface area contributed by atoms with Crippen LogP contribution in [0.4, 0.5) is 0 Å². The van der Waals surface area contributed by atoms with Crippen molar-refractivity contribution in [2.24, 2.45) is 0 Å². The molecule has 1 saturated carbocycles. The average molecular weight is 298 g/mol. The lowest BCUT2D eigenvalue weighted by Gasteiger charge is -2.29. The summed E-state index contributed by atoms with van der Waals surface area (Å²) in [5.41, 5.74) is 3.76. The normalized spacial score (nSPS) is 16.5. The van der Waals surface area contributed by atoms with Gasteiger partial charge in [-0.05, 0) is 48.9 Å². The lowest BCUT2D eigenvalue weighted by molar-refractivity contribution is 0.201. The van der Waals surface area contributed by atoms with E-state index < -0.39 is 0 Å². The fourth-order valence-electron chi connectivity index (χ4n) is 2.80. The molecule has 0 heterocycles. The number of thioether (sulfide) groups is 1. The Morgan fingerprint density at radius 3 is 2.48 bits per heavy atom. The van der Waals surface area contributed by atoms with E-state index in [2.05, 4.69) is 49.4 Å². The van der Waals surface area contributed by atoms with E-state index in [1.54, 1.807) is 11.8 Å². The minimum atomic E-state index is -0.381. The molecular formula is C19H22OS. The lowest BCUT2D eigenvalue weighted by atomic mass is 9.77. The summed E-state index contributed by atoms with van der Waals surface area (Å²) in [4.78, 5) is 1.22. The molecule has 1 aliphatic rings. The number of aliphatic hydroxyl groups is 1. The first-order chi connectivity index (χ1) is 10.2. The highest BCUT2D eigenvalue weighted by atomic mass is 32.2. The Hall–Kier alpha value is -1.25. The summed E-state index contributed by atoms with van der Waals surface area (Å²) >= 11 is 1.73. The standard InChI is InChI=1S/C19H22OS/c1-14-9-11-16(12-10-14)21-13-19(20)18-8-3-2-7-17(18)15-5-4-6-15/h2-3,7-12,15,19-20H,4-6,13H2,1H3. The van der Waals surface area contributed by atoms with Gasteiger partial charge >= 0.3 is 0 Å². The summed E-state index contributed by atoms with van der Waals surface area (Å²) < 4.78 is 0. The smallest absolute Gasteiger partial charge is 0.0886 e. The van der Waals surface area contributed by atoms with Crippen LogP contribution in [-0.2, 0) is 0 Å². The van der Waals surface area contributed by atoms with Gasteiger partial charge in [-0.25, -0.2) is 0 Å². The molecule has 1 nitrogen and oxygen atoms in total. The Bertz CT molecular complexity index is 587. The first-order valence-electron chi connectivity index (χ1n) is 7.70. The van der Waals surface area contributed by atoms with Crippen molar-refractivity contribution in [1.29, 1.82) is 0 Å². The van der Waals surface area contributed by atoms with Crippen molar-refractivity contribution in [2.45, 2.75) is 43.1 Å². The van der Waals surface area contributed by atoms with Crippen molar-refractivity contribution in [3.8, 4) is 0 Å². The second-order valence-corrected chi connectivity index (χ2v) is 6.99. The molecule has 21 heavy (non-hydrogen) atoms. The third kappa shape index (κ3) is 3.50. The van der Waals surface area contributed by atoms with Gasteiger partial charge < -0.3 is 5.11 Å². The summed E-state index contributed by atoms with van der Waals surface area (Å²) in [6, 6.07) is 16.9. The molecule has 2 heteroatoms. The number of hydrogen-bond donors (Lipinski definition) is 1. The quantitative estimate of drug-likeness (QED) is 0.776. The van der Waals surface area contributed by atoms with Gasteiger partial charge in [0.2, 0.25) is 0 Å². The van der Waals surface area contributed by atoms with Gasteiger partial charge in [-0.2, -0.15) is 0 Å². The van der Waals surface area contributed by atoms with Crippen molar-refractivity contribution in [2.75, 3.05) is 5.75 Å². The van der Waals surface area contributed by atoms with Gasteiger partial charge in [0.05, 0.1) is 6.10 Å². The van der Waals surface area contributed by atoms with Crippen LogP contribution >= 0.6 is 11.8 Å². The van der Waals surface area contributed by atoms with Crippen molar-refractivity contribution < 1.29 is 5.11 Å². The average Bonchev–Trinajstić information content (AvgIpc) is 2.45. The first kappa shape index (κ1) is 14.7. The largest absolute Gasteiger partial charge is 0.388 e. The molecule has 1 N–H and O–H groups in total. The maximum atomic E-state index is 10.6. The van der Waals surface area contributed by atoms with Crippen molar-refractivity contribution in [3.63, 3.8) is 0 Å². The molecule has 0 aromatic heterocycles. The van der Waals surface area contributed by atoms with Crippen LogP contribution in [0.1, 0.15) is 48.0 Å². The summed E-state index contributed by atoms with van der Waals surface area (Å²) in [5, 5.41) is 10.6. The van der Waals surface area contributed by atoms with Crippen LogP contribution in [0, 0.1) is 6.92 Å². The number of aryl methyl sites for hydroxylation is 1. The molecular weight excluding hydrogens is 276 g/mol. The molecule has 0 spiro atoms. The van der Waals surface area contributed by atoms with Crippen LogP contribution < -0.4 is 0 Å². The summed E-state index contributed by atoms with van der Waals surface area (Å²) in [7, 11) is 0. The Balaban J connectivity index is 1.67. The minimum Gasteiger partial charge on any atom is -0.388 e. The second-order valence-electron chi connectivity index (χ2n) is 5.90. The Morgan fingerprint density at radius 2 is 1.81 bits per heavy atom. The monoisotopic (exact) mass is 298 g/mol. The number of benzene rings is 2. The van der Waals surface area contributed by atoms with Gasteiger partial charge in [-0.1, -0.05) is 48.4 Å². The SMILES string of the molecule is Cc1ccc(SCC(O)c2ccccc2C2CCC2)cc1. The minimum absolute atomic E-state index is 0.381. The molecule has 1 aliphatic carbocycles. The number of aliphatic hydroxyl groups excluding tert-OH is 1. The molecule has 3 rings (SSSR count). The Morgan fingerprint density at radius 1 is 1.10 bits per heavy atom. The van der Waals surface area contributed by atoms with Gasteiger partial charge in [0.25, 0.3) is 0 Å². The molecule has 0 saturated heterocycles. The van der Waals surface area contributed by atoms with Crippen LogP contribution in [0.25, 0.3) is 0 Å². The van der Waals surface area contributed by atoms with Gasteiger partial charge in [-0.3, -0.25) is 0 Å². The van der Waals surface area contributed by atoms with Crippen LogP contribution in [-0.4, -0.2) is 10.9 Å². The van der Waals surface area contributed by atoms with E-state index in [0.717, 1.165) is 5.56 Å². The predicted octanol–water partition coefficient (Wildman–Crippen LogP) is 5.09. The van der Waals surface area contributed by atoms with Crippen molar-refractivity contribution in [3.05, 3.63) is 65.2 Å². The molecule has 110 valence electrons. The summed E-state index contributed by atoms with van der Waals surface area (Å²) in [6.45, 7) is 2.10. The predicted molar refractivity (Wildman–Crippen MR) is 89.9 cm³/mol. The number of rotatable bonds is 5.